The van der Waals surface area contributed by atoms with Gasteiger partial charge in [0.2, 0.25) is 0 Å². The van der Waals surface area contributed by atoms with Crippen LogP contribution in [0.25, 0.3) is 0 Å². The minimum absolute atomic E-state index is 0.0509. The quantitative estimate of drug-likeness (QED) is 0.792. The van der Waals surface area contributed by atoms with E-state index in [-0.39, 0.29) is 11.7 Å². The third-order valence-corrected chi connectivity index (χ3v) is 3.79. The van der Waals surface area contributed by atoms with Crippen molar-refractivity contribution in [3.05, 3.63) is 71.3 Å². The van der Waals surface area contributed by atoms with Crippen LogP contribution in [-0.2, 0) is 11.2 Å². The number of Topliss-reactive ketones (excluding diaryl/α,β-unsaturated/α-hetero) is 1. The van der Waals surface area contributed by atoms with Crippen LogP contribution in [0, 0.1) is 5.92 Å². The topological polar surface area (TPSA) is 26.3 Å². The Balaban J connectivity index is 1.69. The van der Waals surface area contributed by atoms with E-state index in [1.165, 1.54) is 11.1 Å². The SMILES string of the molecule is O=C(c1ccc(Cc2ccccc2)cc1)C1CCOC1. The van der Waals surface area contributed by atoms with Crippen LogP contribution in [0.3, 0.4) is 0 Å². The molecule has 20 heavy (non-hydrogen) atoms. The van der Waals surface area contributed by atoms with Crippen molar-refractivity contribution in [2.45, 2.75) is 12.8 Å². The number of ether oxygens (including phenoxy) is 1. The lowest BCUT2D eigenvalue weighted by molar-refractivity contribution is 0.0900. The van der Waals surface area contributed by atoms with Gasteiger partial charge in [-0.05, 0) is 24.0 Å². The molecule has 1 atom stereocenters. The molecule has 0 aliphatic carbocycles. The maximum atomic E-state index is 12.2. The maximum absolute atomic E-state index is 12.2. The van der Waals surface area contributed by atoms with E-state index in [2.05, 4.69) is 24.3 Å². The number of carbonyl (C=O) groups excluding carboxylic acids is 1. The van der Waals surface area contributed by atoms with Crippen LogP contribution >= 0.6 is 0 Å². The van der Waals surface area contributed by atoms with Gasteiger partial charge in [-0.15, -0.1) is 0 Å². The summed E-state index contributed by atoms with van der Waals surface area (Å²) < 4.78 is 5.28. The summed E-state index contributed by atoms with van der Waals surface area (Å²) in [6.45, 7) is 1.28. The zero-order valence-corrected chi connectivity index (χ0v) is 11.4. The molecule has 0 spiro atoms. The molecule has 3 rings (SSSR count). The first-order valence-electron chi connectivity index (χ1n) is 7.08. The Morgan fingerprint density at radius 3 is 2.35 bits per heavy atom. The first kappa shape index (κ1) is 13.1. The summed E-state index contributed by atoms with van der Waals surface area (Å²) in [6.07, 6.45) is 1.76. The molecule has 0 radical (unpaired) electrons. The summed E-state index contributed by atoms with van der Waals surface area (Å²) in [4.78, 5) is 12.2. The third-order valence-electron chi connectivity index (χ3n) is 3.79. The molecule has 0 aromatic heterocycles. The highest BCUT2D eigenvalue weighted by Crippen LogP contribution is 2.19. The molecule has 0 saturated carbocycles. The molecular formula is C18H18O2. The Hall–Kier alpha value is -1.93. The van der Waals surface area contributed by atoms with Crippen molar-refractivity contribution in [1.29, 1.82) is 0 Å². The smallest absolute Gasteiger partial charge is 0.168 e. The van der Waals surface area contributed by atoms with Crippen molar-refractivity contribution < 1.29 is 9.53 Å². The zero-order valence-electron chi connectivity index (χ0n) is 11.4. The largest absolute Gasteiger partial charge is 0.381 e. The van der Waals surface area contributed by atoms with Gasteiger partial charge in [-0.25, -0.2) is 0 Å². The average Bonchev–Trinajstić information content (AvgIpc) is 3.03. The highest BCUT2D eigenvalue weighted by atomic mass is 16.5. The van der Waals surface area contributed by atoms with Gasteiger partial charge in [0, 0.05) is 18.1 Å². The predicted octanol–water partition coefficient (Wildman–Crippen LogP) is 3.50. The van der Waals surface area contributed by atoms with E-state index >= 15 is 0 Å². The van der Waals surface area contributed by atoms with Crippen LogP contribution in [0.4, 0.5) is 0 Å². The van der Waals surface area contributed by atoms with Crippen LogP contribution in [-0.4, -0.2) is 19.0 Å². The Kier molecular flexibility index (Phi) is 3.93. The molecule has 2 aromatic carbocycles. The summed E-state index contributed by atoms with van der Waals surface area (Å²) in [5.74, 6) is 0.267. The minimum atomic E-state index is 0.0509. The van der Waals surface area contributed by atoms with Gasteiger partial charge in [0.05, 0.1) is 6.61 Å². The molecule has 2 aromatic rings. The van der Waals surface area contributed by atoms with E-state index in [1.807, 2.05) is 30.3 Å². The molecule has 1 saturated heterocycles. The van der Waals surface area contributed by atoms with Crippen LogP contribution in [0.1, 0.15) is 27.9 Å². The van der Waals surface area contributed by atoms with Crippen LogP contribution in [0.2, 0.25) is 0 Å². The number of benzene rings is 2. The van der Waals surface area contributed by atoms with E-state index in [1.54, 1.807) is 0 Å². The molecule has 1 aliphatic rings. The first-order chi connectivity index (χ1) is 9.83. The van der Waals surface area contributed by atoms with Crippen molar-refractivity contribution in [3.8, 4) is 0 Å². The second-order valence-corrected chi connectivity index (χ2v) is 5.28. The fourth-order valence-electron chi connectivity index (χ4n) is 2.60. The van der Waals surface area contributed by atoms with Crippen molar-refractivity contribution >= 4 is 5.78 Å². The normalized spacial score (nSPS) is 18.1. The second-order valence-electron chi connectivity index (χ2n) is 5.28. The molecule has 1 fully saturated rings. The average molecular weight is 266 g/mol. The monoisotopic (exact) mass is 266 g/mol. The highest BCUT2D eigenvalue weighted by molar-refractivity contribution is 5.98. The molecule has 1 heterocycles. The summed E-state index contributed by atoms with van der Waals surface area (Å²) in [7, 11) is 0. The maximum Gasteiger partial charge on any atom is 0.168 e. The Morgan fingerprint density at radius 1 is 1.00 bits per heavy atom. The minimum Gasteiger partial charge on any atom is -0.381 e. The summed E-state index contributed by atoms with van der Waals surface area (Å²) in [5.41, 5.74) is 3.32. The number of carbonyl (C=O) groups is 1. The standard InChI is InChI=1S/C18H18O2/c19-18(17-10-11-20-13-17)16-8-6-15(7-9-16)12-14-4-2-1-3-5-14/h1-9,17H,10-13H2. The van der Waals surface area contributed by atoms with Gasteiger partial charge >= 0.3 is 0 Å². The molecule has 0 N–H and O–H groups in total. The van der Waals surface area contributed by atoms with Gasteiger partial charge in [-0.1, -0.05) is 54.6 Å². The van der Waals surface area contributed by atoms with Gasteiger partial charge < -0.3 is 4.74 Å². The summed E-state index contributed by atoms with van der Waals surface area (Å²) in [6, 6.07) is 18.4. The molecule has 102 valence electrons. The first-order valence-corrected chi connectivity index (χ1v) is 7.08. The number of rotatable bonds is 4. The number of ketones is 1. The lowest BCUT2D eigenvalue weighted by Gasteiger charge is -2.07. The molecule has 2 nitrogen and oxygen atoms in total. The summed E-state index contributed by atoms with van der Waals surface area (Å²) in [5, 5.41) is 0. The van der Waals surface area contributed by atoms with Gasteiger partial charge in [0.1, 0.15) is 0 Å². The molecule has 0 amide bonds. The van der Waals surface area contributed by atoms with E-state index in [4.69, 9.17) is 4.74 Å². The molecule has 2 heteroatoms. The van der Waals surface area contributed by atoms with Crippen molar-refractivity contribution in [3.63, 3.8) is 0 Å². The second kappa shape index (κ2) is 6.02. The Labute approximate surface area is 119 Å². The zero-order chi connectivity index (χ0) is 13.8. The van der Waals surface area contributed by atoms with Crippen LogP contribution in [0.15, 0.2) is 54.6 Å². The molecule has 0 bridgehead atoms. The highest BCUT2D eigenvalue weighted by Gasteiger charge is 2.24. The Bertz CT molecular complexity index is 566. The van der Waals surface area contributed by atoms with Gasteiger partial charge in [-0.2, -0.15) is 0 Å². The van der Waals surface area contributed by atoms with Crippen LogP contribution in [0.5, 0.6) is 0 Å². The van der Waals surface area contributed by atoms with Crippen molar-refractivity contribution in [2.75, 3.05) is 13.2 Å². The molecule has 1 unspecified atom stereocenters. The third kappa shape index (κ3) is 2.97. The summed E-state index contributed by atoms with van der Waals surface area (Å²) >= 11 is 0. The van der Waals surface area contributed by atoms with E-state index in [0.29, 0.717) is 13.2 Å². The van der Waals surface area contributed by atoms with Crippen LogP contribution < -0.4 is 0 Å². The lowest BCUT2D eigenvalue weighted by Crippen LogP contribution is -2.14. The Morgan fingerprint density at radius 2 is 1.70 bits per heavy atom. The lowest BCUT2D eigenvalue weighted by atomic mass is 9.95. The fourth-order valence-corrected chi connectivity index (χ4v) is 2.60. The predicted molar refractivity (Wildman–Crippen MR) is 78.9 cm³/mol. The number of hydrogen-bond acceptors (Lipinski definition) is 2. The molecular weight excluding hydrogens is 248 g/mol. The van der Waals surface area contributed by atoms with E-state index in [0.717, 1.165) is 18.4 Å². The van der Waals surface area contributed by atoms with E-state index in [9.17, 15) is 4.79 Å². The van der Waals surface area contributed by atoms with Crippen molar-refractivity contribution in [2.24, 2.45) is 5.92 Å². The van der Waals surface area contributed by atoms with Gasteiger partial charge in [0.25, 0.3) is 0 Å². The molecule has 1 aliphatic heterocycles. The fraction of sp³-hybridized carbons (Fsp3) is 0.278. The van der Waals surface area contributed by atoms with E-state index < -0.39 is 0 Å². The van der Waals surface area contributed by atoms with Gasteiger partial charge in [-0.3, -0.25) is 4.79 Å². The van der Waals surface area contributed by atoms with Gasteiger partial charge in [0.15, 0.2) is 5.78 Å². The number of hydrogen-bond donors (Lipinski definition) is 0. The van der Waals surface area contributed by atoms with Crippen molar-refractivity contribution in [1.82, 2.24) is 0 Å².